The van der Waals surface area contributed by atoms with E-state index >= 15 is 0 Å². The van der Waals surface area contributed by atoms with E-state index in [0.717, 1.165) is 25.2 Å². The Labute approximate surface area is 182 Å². The summed E-state index contributed by atoms with van der Waals surface area (Å²) >= 11 is 5.85. The van der Waals surface area contributed by atoms with Gasteiger partial charge in [-0.3, -0.25) is 14.5 Å². The first-order valence-electron chi connectivity index (χ1n) is 10.00. The third-order valence-electron chi connectivity index (χ3n) is 5.31. The van der Waals surface area contributed by atoms with Crippen molar-refractivity contribution >= 4 is 23.3 Å². The molecule has 2 aromatic rings. The van der Waals surface area contributed by atoms with Gasteiger partial charge in [0.1, 0.15) is 0 Å². The second kappa shape index (κ2) is 10.5. The molecule has 0 N–H and O–H groups in total. The highest BCUT2D eigenvalue weighted by Crippen LogP contribution is 2.28. The third kappa shape index (κ3) is 5.74. The number of hydrogen-bond acceptors (Lipinski definition) is 5. The maximum atomic E-state index is 12.5. The Morgan fingerprint density at radius 3 is 2.20 bits per heavy atom. The monoisotopic (exact) mass is 430 g/mol. The predicted molar refractivity (Wildman–Crippen MR) is 116 cm³/mol. The highest BCUT2D eigenvalue weighted by atomic mass is 35.5. The summed E-state index contributed by atoms with van der Waals surface area (Å²) in [4.78, 5) is 28.9. The van der Waals surface area contributed by atoms with Crippen molar-refractivity contribution in [2.45, 2.75) is 19.4 Å². The number of amides is 1. The normalized spacial score (nSPS) is 14.4. The van der Waals surface area contributed by atoms with Crippen molar-refractivity contribution in [2.24, 2.45) is 0 Å². The molecule has 30 heavy (non-hydrogen) atoms. The van der Waals surface area contributed by atoms with Crippen LogP contribution in [0.15, 0.2) is 42.5 Å². The van der Waals surface area contributed by atoms with Gasteiger partial charge in [-0.1, -0.05) is 17.7 Å². The van der Waals surface area contributed by atoms with Gasteiger partial charge < -0.3 is 14.4 Å². The van der Waals surface area contributed by atoms with Gasteiger partial charge in [-0.05, 0) is 42.0 Å². The van der Waals surface area contributed by atoms with Crippen molar-refractivity contribution in [3.05, 3.63) is 58.6 Å². The molecule has 0 bridgehead atoms. The molecule has 1 aliphatic rings. The number of carbonyl (C=O) groups is 2. The van der Waals surface area contributed by atoms with Gasteiger partial charge in [0.05, 0.1) is 14.2 Å². The predicted octanol–water partition coefficient (Wildman–Crippen LogP) is 3.66. The summed E-state index contributed by atoms with van der Waals surface area (Å²) in [6, 6.07) is 12.7. The lowest BCUT2D eigenvalue weighted by Crippen LogP contribution is -2.48. The van der Waals surface area contributed by atoms with Crippen LogP contribution in [0.1, 0.15) is 28.8 Å². The van der Waals surface area contributed by atoms with E-state index in [1.54, 1.807) is 38.5 Å². The highest BCUT2D eigenvalue weighted by Gasteiger charge is 2.22. The molecule has 0 aromatic heterocycles. The summed E-state index contributed by atoms with van der Waals surface area (Å²) in [5.41, 5.74) is 1.73. The molecule has 160 valence electrons. The SMILES string of the molecule is COc1ccc(CN2CCN(C(=O)CCC(=O)c3ccc(Cl)cc3)CC2)cc1OC. The molecule has 6 nitrogen and oxygen atoms in total. The number of Topliss-reactive ketones (excluding diaryl/α,β-unsaturated/α-hetero) is 1. The molecule has 0 aliphatic carbocycles. The number of piperazine rings is 1. The van der Waals surface area contributed by atoms with Crippen LogP contribution in [0.2, 0.25) is 5.02 Å². The molecule has 0 spiro atoms. The molecule has 7 heteroatoms. The van der Waals surface area contributed by atoms with Gasteiger partial charge in [-0.25, -0.2) is 0 Å². The van der Waals surface area contributed by atoms with Crippen molar-refractivity contribution < 1.29 is 19.1 Å². The topological polar surface area (TPSA) is 59.1 Å². The zero-order valence-corrected chi connectivity index (χ0v) is 18.2. The molecule has 1 aliphatic heterocycles. The van der Waals surface area contributed by atoms with Gasteiger partial charge in [-0.15, -0.1) is 0 Å². The molecule has 0 radical (unpaired) electrons. The Balaban J connectivity index is 1.45. The fourth-order valence-corrected chi connectivity index (χ4v) is 3.68. The molecule has 0 unspecified atom stereocenters. The van der Waals surface area contributed by atoms with Crippen LogP contribution in [0.4, 0.5) is 0 Å². The molecule has 1 saturated heterocycles. The molecule has 1 amide bonds. The maximum Gasteiger partial charge on any atom is 0.223 e. The molecule has 1 fully saturated rings. The summed E-state index contributed by atoms with van der Waals surface area (Å²) in [6.45, 7) is 3.72. The van der Waals surface area contributed by atoms with Crippen LogP contribution in [0, 0.1) is 0 Å². The summed E-state index contributed by atoms with van der Waals surface area (Å²) in [7, 11) is 3.25. The van der Waals surface area contributed by atoms with Crippen molar-refractivity contribution in [3.8, 4) is 11.5 Å². The molecule has 1 heterocycles. The minimum Gasteiger partial charge on any atom is -0.493 e. The quantitative estimate of drug-likeness (QED) is 0.598. The van der Waals surface area contributed by atoms with Crippen LogP contribution < -0.4 is 9.47 Å². The van der Waals surface area contributed by atoms with Gasteiger partial charge in [0, 0.05) is 56.2 Å². The number of hydrogen-bond donors (Lipinski definition) is 0. The van der Waals surface area contributed by atoms with Crippen molar-refractivity contribution in [3.63, 3.8) is 0 Å². The second-order valence-corrected chi connectivity index (χ2v) is 7.71. The number of methoxy groups -OCH3 is 2. The van der Waals surface area contributed by atoms with Crippen molar-refractivity contribution in [1.29, 1.82) is 0 Å². The number of ketones is 1. The van der Waals surface area contributed by atoms with E-state index in [2.05, 4.69) is 4.90 Å². The van der Waals surface area contributed by atoms with E-state index in [-0.39, 0.29) is 24.5 Å². The van der Waals surface area contributed by atoms with E-state index < -0.39 is 0 Å². The summed E-state index contributed by atoms with van der Waals surface area (Å²) < 4.78 is 10.7. The third-order valence-corrected chi connectivity index (χ3v) is 5.56. The van der Waals surface area contributed by atoms with Crippen LogP contribution in [0.5, 0.6) is 11.5 Å². The molecule has 0 atom stereocenters. The molecule has 0 saturated carbocycles. The minimum atomic E-state index is -0.0351. The Bertz CT molecular complexity index is 877. The summed E-state index contributed by atoms with van der Waals surface area (Å²) in [5, 5.41) is 0.591. The lowest BCUT2D eigenvalue weighted by atomic mass is 10.1. The Hall–Kier alpha value is -2.57. The first-order chi connectivity index (χ1) is 14.5. The van der Waals surface area contributed by atoms with Gasteiger partial charge in [0.25, 0.3) is 0 Å². The van der Waals surface area contributed by atoms with Gasteiger partial charge in [-0.2, -0.15) is 0 Å². The number of nitrogens with zero attached hydrogens (tertiary/aromatic N) is 2. The number of ether oxygens (including phenoxy) is 2. The number of benzene rings is 2. The summed E-state index contributed by atoms with van der Waals surface area (Å²) in [5.74, 6) is 1.43. The smallest absolute Gasteiger partial charge is 0.223 e. The standard InChI is InChI=1S/C23H27ClN2O4/c1-29-21-9-3-17(15-22(21)30-2)16-25-11-13-26(14-12-25)23(28)10-8-20(27)18-4-6-19(24)7-5-18/h3-7,9,15H,8,10-14,16H2,1-2H3. The van der Waals surface area contributed by atoms with E-state index in [4.69, 9.17) is 21.1 Å². The zero-order valence-electron chi connectivity index (χ0n) is 17.4. The van der Waals surface area contributed by atoms with Crippen LogP contribution in [-0.2, 0) is 11.3 Å². The van der Waals surface area contributed by atoms with E-state index in [9.17, 15) is 9.59 Å². The molecular weight excluding hydrogens is 404 g/mol. The first-order valence-corrected chi connectivity index (χ1v) is 10.4. The fourth-order valence-electron chi connectivity index (χ4n) is 3.55. The van der Waals surface area contributed by atoms with Gasteiger partial charge >= 0.3 is 0 Å². The average Bonchev–Trinajstić information content (AvgIpc) is 2.78. The van der Waals surface area contributed by atoms with Crippen molar-refractivity contribution in [1.82, 2.24) is 9.80 Å². The number of carbonyl (C=O) groups excluding carboxylic acids is 2. The lowest BCUT2D eigenvalue weighted by molar-refractivity contribution is -0.132. The second-order valence-electron chi connectivity index (χ2n) is 7.28. The van der Waals surface area contributed by atoms with Crippen LogP contribution in [-0.4, -0.2) is 61.9 Å². The fraction of sp³-hybridized carbons (Fsp3) is 0.391. The number of rotatable bonds is 8. The molecular formula is C23H27ClN2O4. The Morgan fingerprint density at radius 1 is 0.900 bits per heavy atom. The van der Waals surface area contributed by atoms with Crippen LogP contribution in [0.3, 0.4) is 0 Å². The molecule has 2 aromatic carbocycles. The van der Waals surface area contributed by atoms with E-state index in [1.807, 2.05) is 23.1 Å². The lowest BCUT2D eigenvalue weighted by Gasteiger charge is -2.35. The maximum absolute atomic E-state index is 12.5. The zero-order chi connectivity index (χ0) is 21.5. The van der Waals surface area contributed by atoms with Gasteiger partial charge in [0.15, 0.2) is 17.3 Å². The van der Waals surface area contributed by atoms with E-state index in [1.165, 1.54) is 0 Å². The Morgan fingerprint density at radius 2 is 1.57 bits per heavy atom. The van der Waals surface area contributed by atoms with Crippen molar-refractivity contribution in [2.75, 3.05) is 40.4 Å². The number of halogens is 1. The summed E-state index contributed by atoms with van der Waals surface area (Å²) in [6.07, 6.45) is 0.448. The molecule has 3 rings (SSSR count). The van der Waals surface area contributed by atoms with E-state index in [0.29, 0.717) is 35.2 Å². The largest absolute Gasteiger partial charge is 0.493 e. The Kier molecular flexibility index (Phi) is 7.71. The first kappa shape index (κ1) is 22.1. The van der Waals surface area contributed by atoms with Crippen LogP contribution >= 0.6 is 11.6 Å². The van der Waals surface area contributed by atoms with Gasteiger partial charge in [0.2, 0.25) is 5.91 Å². The highest BCUT2D eigenvalue weighted by molar-refractivity contribution is 6.30. The average molecular weight is 431 g/mol. The minimum absolute atomic E-state index is 0.0306. The van der Waals surface area contributed by atoms with Crippen LogP contribution in [0.25, 0.3) is 0 Å².